The van der Waals surface area contributed by atoms with Crippen molar-refractivity contribution in [1.82, 2.24) is 4.90 Å². The molecule has 0 saturated carbocycles. The predicted molar refractivity (Wildman–Crippen MR) is 68.1 cm³/mol. The summed E-state index contributed by atoms with van der Waals surface area (Å²) in [7, 11) is 0. The van der Waals surface area contributed by atoms with Gasteiger partial charge < -0.3 is 0 Å². The van der Waals surface area contributed by atoms with Crippen LogP contribution in [0, 0.1) is 17.2 Å². The molecule has 2 nitrogen and oxygen atoms in total. The Balaban J connectivity index is 2.52. The largest absolute Gasteiger partial charge is 0.298 e. The number of nitriles is 1. The Morgan fingerprint density at radius 3 is 2.75 bits per heavy atom. The second-order valence-corrected chi connectivity index (χ2v) is 5.55. The van der Waals surface area contributed by atoms with Gasteiger partial charge >= 0.3 is 0 Å². The average molecular weight is 222 g/mol. The maximum Gasteiger partial charge on any atom is 0.0625 e. The summed E-state index contributed by atoms with van der Waals surface area (Å²) in [4.78, 5) is 2.61. The molecule has 0 radical (unpaired) electrons. The molecule has 2 heteroatoms. The van der Waals surface area contributed by atoms with Crippen molar-refractivity contribution in [3.8, 4) is 6.07 Å². The molecule has 0 aromatic rings. The Bertz CT molecular complexity index is 240. The number of piperidine rings is 1. The van der Waals surface area contributed by atoms with Crippen molar-refractivity contribution in [2.45, 2.75) is 64.8 Å². The van der Waals surface area contributed by atoms with E-state index in [-0.39, 0.29) is 5.54 Å². The summed E-state index contributed by atoms with van der Waals surface area (Å²) in [6.45, 7) is 9.32. The molecule has 0 spiro atoms. The normalized spacial score (nSPS) is 25.2. The fourth-order valence-electron chi connectivity index (χ4n) is 2.84. The summed E-state index contributed by atoms with van der Waals surface area (Å²) >= 11 is 0. The Hall–Kier alpha value is -0.550. The molecule has 1 unspecified atom stereocenters. The van der Waals surface area contributed by atoms with E-state index in [0.717, 1.165) is 6.42 Å². The van der Waals surface area contributed by atoms with E-state index in [0.29, 0.717) is 5.92 Å². The van der Waals surface area contributed by atoms with Gasteiger partial charge in [0.15, 0.2) is 0 Å². The molecular formula is C14H26N2. The van der Waals surface area contributed by atoms with Gasteiger partial charge in [0.05, 0.1) is 6.07 Å². The minimum Gasteiger partial charge on any atom is -0.298 e. The van der Waals surface area contributed by atoms with E-state index in [2.05, 4.69) is 31.7 Å². The van der Waals surface area contributed by atoms with Gasteiger partial charge in [0, 0.05) is 12.0 Å². The van der Waals surface area contributed by atoms with Gasteiger partial charge in [-0.1, -0.05) is 19.8 Å². The van der Waals surface area contributed by atoms with E-state index < -0.39 is 0 Å². The lowest BCUT2D eigenvalue weighted by Crippen LogP contribution is -2.53. The maximum absolute atomic E-state index is 8.88. The van der Waals surface area contributed by atoms with E-state index in [1.807, 2.05) is 0 Å². The molecule has 0 amide bonds. The molecule has 0 aromatic heterocycles. The standard InChI is InChI=1S/C14H26N2/c1-4-5-6-11-16-12-7-8-13(9-10-15)14(16,2)3/h13H,4-9,11-12H2,1-3H3. The quantitative estimate of drug-likeness (QED) is 0.665. The third kappa shape index (κ3) is 3.22. The highest BCUT2D eigenvalue weighted by molar-refractivity contribution is 4.96. The highest BCUT2D eigenvalue weighted by Gasteiger charge is 2.37. The van der Waals surface area contributed by atoms with Crippen molar-refractivity contribution in [3.63, 3.8) is 0 Å². The third-order valence-electron chi connectivity index (χ3n) is 4.16. The topological polar surface area (TPSA) is 27.0 Å². The van der Waals surface area contributed by atoms with Crippen molar-refractivity contribution in [1.29, 1.82) is 5.26 Å². The second kappa shape index (κ2) is 6.25. The monoisotopic (exact) mass is 222 g/mol. The van der Waals surface area contributed by atoms with E-state index >= 15 is 0 Å². The molecule has 0 bridgehead atoms. The summed E-state index contributed by atoms with van der Waals surface area (Å²) in [5, 5.41) is 8.88. The summed E-state index contributed by atoms with van der Waals surface area (Å²) < 4.78 is 0. The first-order valence-corrected chi connectivity index (χ1v) is 6.75. The van der Waals surface area contributed by atoms with Crippen LogP contribution in [0.2, 0.25) is 0 Å². The van der Waals surface area contributed by atoms with Crippen LogP contribution >= 0.6 is 0 Å². The van der Waals surface area contributed by atoms with Gasteiger partial charge in [0.2, 0.25) is 0 Å². The molecule has 1 rings (SSSR count). The zero-order chi connectivity index (χ0) is 12.0. The molecule has 1 aliphatic heterocycles. The lowest BCUT2D eigenvalue weighted by molar-refractivity contribution is 0.0226. The maximum atomic E-state index is 8.88. The molecular weight excluding hydrogens is 196 g/mol. The number of likely N-dealkylation sites (tertiary alicyclic amines) is 1. The van der Waals surface area contributed by atoms with Gasteiger partial charge in [-0.3, -0.25) is 4.90 Å². The highest BCUT2D eigenvalue weighted by Crippen LogP contribution is 2.35. The average Bonchev–Trinajstić information content (AvgIpc) is 2.24. The Morgan fingerprint density at radius 1 is 1.38 bits per heavy atom. The number of hydrogen-bond donors (Lipinski definition) is 0. The van der Waals surface area contributed by atoms with Gasteiger partial charge in [-0.25, -0.2) is 0 Å². The first-order chi connectivity index (χ1) is 7.62. The first kappa shape index (κ1) is 13.5. The van der Waals surface area contributed by atoms with E-state index in [1.165, 1.54) is 45.2 Å². The number of hydrogen-bond acceptors (Lipinski definition) is 2. The van der Waals surface area contributed by atoms with Crippen molar-refractivity contribution in [2.75, 3.05) is 13.1 Å². The zero-order valence-corrected chi connectivity index (χ0v) is 11.1. The third-order valence-corrected chi connectivity index (χ3v) is 4.16. The zero-order valence-electron chi connectivity index (χ0n) is 11.1. The summed E-state index contributed by atoms with van der Waals surface area (Å²) in [5.74, 6) is 0.563. The van der Waals surface area contributed by atoms with Gasteiger partial charge in [0.1, 0.15) is 0 Å². The van der Waals surface area contributed by atoms with Crippen LogP contribution in [-0.4, -0.2) is 23.5 Å². The molecule has 1 aliphatic rings. The van der Waals surface area contributed by atoms with Gasteiger partial charge in [0.25, 0.3) is 0 Å². The lowest BCUT2D eigenvalue weighted by Gasteiger charge is -2.47. The number of rotatable bonds is 5. The van der Waals surface area contributed by atoms with E-state index in [4.69, 9.17) is 5.26 Å². The fraction of sp³-hybridized carbons (Fsp3) is 0.929. The molecule has 1 fully saturated rings. The summed E-state index contributed by atoms with van der Waals surface area (Å²) in [6, 6.07) is 2.35. The van der Waals surface area contributed by atoms with Crippen LogP contribution in [0.15, 0.2) is 0 Å². The van der Waals surface area contributed by atoms with Crippen molar-refractivity contribution >= 4 is 0 Å². The molecule has 0 N–H and O–H groups in total. The van der Waals surface area contributed by atoms with E-state index in [1.54, 1.807) is 0 Å². The van der Waals surface area contributed by atoms with Crippen molar-refractivity contribution in [3.05, 3.63) is 0 Å². The van der Waals surface area contributed by atoms with Gasteiger partial charge in [-0.05, 0) is 52.1 Å². The van der Waals surface area contributed by atoms with E-state index in [9.17, 15) is 0 Å². The van der Waals surface area contributed by atoms with Crippen LogP contribution in [0.25, 0.3) is 0 Å². The van der Waals surface area contributed by atoms with Crippen LogP contribution in [0.1, 0.15) is 59.3 Å². The molecule has 1 heterocycles. The Labute approximate surface area is 101 Å². The predicted octanol–water partition coefficient (Wildman–Crippen LogP) is 3.58. The molecule has 0 aromatic carbocycles. The minimum absolute atomic E-state index is 0.224. The van der Waals surface area contributed by atoms with Crippen LogP contribution in [0.3, 0.4) is 0 Å². The smallest absolute Gasteiger partial charge is 0.0625 e. The van der Waals surface area contributed by atoms with Gasteiger partial charge in [-0.15, -0.1) is 0 Å². The minimum atomic E-state index is 0.224. The second-order valence-electron chi connectivity index (χ2n) is 5.55. The molecule has 1 saturated heterocycles. The molecule has 1 atom stereocenters. The summed E-state index contributed by atoms with van der Waals surface area (Å²) in [5.41, 5.74) is 0.224. The van der Waals surface area contributed by atoms with Crippen LogP contribution < -0.4 is 0 Å². The summed E-state index contributed by atoms with van der Waals surface area (Å²) in [6.07, 6.45) is 7.13. The molecule has 0 aliphatic carbocycles. The first-order valence-electron chi connectivity index (χ1n) is 6.75. The highest BCUT2D eigenvalue weighted by atomic mass is 15.2. The van der Waals surface area contributed by atoms with Crippen molar-refractivity contribution in [2.24, 2.45) is 5.92 Å². The Morgan fingerprint density at radius 2 is 2.12 bits per heavy atom. The SMILES string of the molecule is CCCCCN1CCCC(CC#N)C1(C)C. The van der Waals surface area contributed by atoms with Crippen molar-refractivity contribution < 1.29 is 0 Å². The van der Waals surface area contributed by atoms with Gasteiger partial charge in [-0.2, -0.15) is 5.26 Å². The van der Waals surface area contributed by atoms with Crippen LogP contribution in [-0.2, 0) is 0 Å². The number of nitrogens with zero attached hydrogens (tertiary/aromatic N) is 2. The lowest BCUT2D eigenvalue weighted by atomic mass is 9.77. The molecule has 16 heavy (non-hydrogen) atoms. The Kier molecular flexibility index (Phi) is 5.28. The fourth-order valence-corrected chi connectivity index (χ4v) is 2.84. The molecule has 92 valence electrons. The van der Waals surface area contributed by atoms with Crippen LogP contribution in [0.5, 0.6) is 0 Å². The number of unbranched alkanes of at least 4 members (excludes halogenated alkanes) is 2. The van der Waals surface area contributed by atoms with Crippen LogP contribution in [0.4, 0.5) is 0 Å².